The van der Waals surface area contributed by atoms with Crippen molar-refractivity contribution in [2.45, 2.75) is 105 Å². The molecule has 0 radical (unpaired) electrons. The number of aliphatic hydroxyl groups excluding tert-OH is 1. The molecule has 5 aliphatic carbocycles. The lowest BCUT2D eigenvalue weighted by Gasteiger charge is -2.72. The average Bonchev–Trinajstić information content (AvgIpc) is 3.05. The van der Waals surface area contributed by atoms with Gasteiger partial charge in [0.25, 0.3) is 0 Å². The van der Waals surface area contributed by atoms with E-state index in [1.807, 2.05) is 6.92 Å². The highest BCUT2D eigenvalue weighted by Crippen LogP contribution is 2.77. The molecule has 10 atom stereocenters. The first-order valence-corrected chi connectivity index (χ1v) is 13.8. The Morgan fingerprint density at radius 2 is 1.59 bits per heavy atom. The van der Waals surface area contributed by atoms with Crippen LogP contribution in [-0.4, -0.2) is 28.1 Å². The van der Waals surface area contributed by atoms with E-state index in [0.717, 1.165) is 50.5 Å². The van der Waals surface area contributed by atoms with Crippen LogP contribution in [0.2, 0.25) is 0 Å². The first kappa shape index (κ1) is 24.5. The molecule has 10 unspecified atom stereocenters. The molecular weight excluding hydrogens is 424 g/mol. The molecule has 0 amide bonds. The second-order valence-electron chi connectivity index (χ2n) is 14.5. The fraction of sp³-hybridized carbons (Fsp3) is 0.867. The highest BCUT2D eigenvalue weighted by Gasteiger charge is 2.73. The van der Waals surface area contributed by atoms with Gasteiger partial charge in [-0.2, -0.15) is 0 Å². The van der Waals surface area contributed by atoms with Gasteiger partial charge in [-0.1, -0.05) is 46.8 Å². The van der Waals surface area contributed by atoms with E-state index in [9.17, 15) is 19.8 Å². The average molecular weight is 471 g/mol. The molecule has 0 aliphatic heterocycles. The lowest BCUT2D eigenvalue weighted by Crippen LogP contribution is -2.67. The summed E-state index contributed by atoms with van der Waals surface area (Å²) in [5, 5.41) is 21.3. The van der Waals surface area contributed by atoms with Gasteiger partial charge in [-0.05, 0) is 104 Å². The highest BCUT2D eigenvalue weighted by atomic mass is 16.4. The molecular formula is C30H46O4. The van der Waals surface area contributed by atoms with Gasteiger partial charge in [0.05, 0.1) is 11.5 Å². The van der Waals surface area contributed by atoms with E-state index in [4.69, 9.17) is 0 Å². The number of aliphatic carboxylic acids is 1. The van der Waals surface area contributed by atoms with Gasteiger partial charge in [0.15, 0.2) is 0 Å². The van der Waals surface area contributed by atoms with Crippen LogP contribution in [0.15, 0.2) is 12.2 Å². The Morgan fingerprint density at radius 3 is 2.21 bits per heavy atom. The zero-order valence-corrected chi connectivity index (χ0v) is 22.2. The second kappa shape index (κ2) is 7.20. The van der Waals surface area contributed by atoms with E-state index >= 15 is 0 Å². The number of carbonyl (C=O) groups is 2. The summed E-state index contributed by atoms with van der Waals surface area (Å²) >= 11 is 0. The van der Waals surface area contributed by atoms with E-state index in [2.05, 4.69) is 41.2 Å². The van der Waals surface area contributed by atoms with Crippen molar-refractivity contribution in [2.24, 2.45) is 56.7 Å². The number of carboxylic acids is 1. The second-order valence-corrected chi connectivity index (χ2v) is 14.5. The van der Waals surface area contributed by atoms with E-state index < -0.39 is 11.4 Å². The highest BCUT2D eigenvalue weighted by molar-refractivity contribution is 5.94. The molecule has 0 saturated heterocycles. The maximum Gasteiger partial charge on any atom is 0.310 e. The molecule has 34 heavy (non-hydrogen) atoms. The third-order valence-corrected chi connectivity index (χ3v) is 13.2. The number of hydrogen-bond acceptors (Lipinski definition) is 3. The number of hydrogen-bond donors (Lipinski definition) is 2. The predicted octanol–water partition coefficient (Wildman–Crippen LogP) is 6.27. The minimum Gasteiger partial charge on any atom is -0.481 e. The molecule has 5 saturated carbocycles. The molecule has 5 fully saturated rings. The van der Waals surface area contributed by atoms with Gasteiger partial charge < -0.3 is 10.2 Å². The Morgan fingerprint density at radius 1 is 0.912 bits per heavy atom. The topological polar surface area (TPSA) is 74.6 Å². The summed E-state index contributed by atoms with van der Waals surface area (Å²) in [6.45, 7) is 18.2. The molecule has 2 N–H and O–H groups in total. The summed E-state index contributed by atoms with van der Waals surface area (Å²) < 4.78 is 0. The number of aliphatic hydroxyl groups is 1. The Hall–Kier alpha value is -1.16. The van der Waals surface area contributed by atoms with E-state index in [1.165, 1.54) is 0 Å². The van der Waals surface area contributed by atoms with Gasteiger partial charge in [0.2, 0.25) is 0 Å². The smallest absolute Gasteiger partial charge is 0.310 e. The molecule has 5 aliphatic rings. The Labute approximate surface area is 206 Å². The third-order valence-electron chi connectivity index (χ3n) is 13.2. The number of ketones is 1. The number of carbonyl (C=O) groups excluding carboxylic acids is 1. The summed E-state index contributed by atoms with van der Waals surface area (Å²) in [4.78, 5) is 26.0. The van der Waals surface area contributed by atoms with Gasteiger partial charge in [0.1, 0.15) is 5.78 Å². The SMILES string of the molecule is C=C(C)C1C(=O)CC2(C(=O)O)CCC3(C)C(CCC4C5(C)CCC(O)C(C)(C)C5CCC43C)C12. The van der Waals surface area contributed by atoms with Crippen molar-refractivity contribution >= 4 is 11.8 Å². The van der Waals surface area contributed by atoms with Crippen LogP contribution in [0.1, 0.15) is 99.3 Å². The number of Topliss-reactive ketones (excluding diaryl/α,β-unsaturated/α-hetero) is 1. The van der Waals surface area contributed by atoms with Crippen LogP contribution in [0.25, 0.3) is 0 Å². The van der Waals surface area contributed by atoms with Crippen LogP contribution >= 0.6 is 0 Å². The molecule has 0 aromatic heterocycles. The van der Waals surface area contributed by atoms with Crippen LogP contribution in [0.5, 0.6) is 0 Å². The van der Waals surface area contributed by atoms with E-state index in [-0.39, 0.29) is 57.7 Å². The largest absolute Gasteiger partial charge is 0.481 e. The van der Waals surface area contributed by atoms with E-state index in [1.54, 1.807) is 0 Å². The summed E-state index contributed by atoms with van der Waals surface area (Å²) in [7, 11) is 0. The first-order chi connectivity index (χ1) is 15.7. The molecule has 0 bridgehead atoms. The molecule has 0 aromatic carbocycles. The monoisotopic (exact) mass is 470 g/mol. The van der Waals surface area contributed by atoms with Gasteiger partial charge in [0, 0.05) is 12.3 Å². The summed E-state index contributed by atoms with van der Waals surface area (Å²) in [6, 6.07) is 0. The summed E-state index contributed by atoms with van der Waals surface area (Å²) in [5.74, 6) is 0.245. The van der Waals surface area contributed by atoms with E-state index in [0.29, 0.717) is 18.3 Å². The quantitative estimate of drug-likeness (QED) is 0.467. The summed E-state index contributed by atoms with van der Waals surface area (Å²) in [6.07, 6.45) is 7.82. The lowest BCUT2D eigenvalue weighted by atomic mass is 9.32. The fourth-order valence-corrected chi connectivity index (χ4v) is 11.3. The number of rotatable bonds is 2. The molecule has 0 spiro atoms. The molecule has 190 valence electrons. The standard InChI is InChI=1S/C30H46O4/c1-17(2)23-19(31)16-30(25(33)34)15-14-28(6)18(24(23)30)8-9-21-27(5)12-11-22(32)26(3,4)20(27)10-13-29(21,28)7/h18,20-24,32H,1,8-16H2,2-7H3,(H,33,34). The summed E-state index contributed by atoms with van der Waals surface area (Å²) in [5.41, 5.74) is 0.214. The minimum atomic E-state index is -0.911. The van der Waals surface area contributed by atoms with Crippen molar-refractivity contribution in [3.05, 3.63) is 12.2 Å². The van der Waals surface area contributed by atoms with Gasteiger partial charge in [-0.25, -0.2) is 0 Å². The number of allylic oxidation sites excluding steroid dienone is 1. The van der Waals surface area contributed by atoms with Crippen molar-refractivity contribution in [1.29, 1.82) is 0 Å². The Kier molecular flexibility index (Phi) is 5.20. The Balaban J connectivity index is 1.59. The van der Waals surface area contributed by atoms with Crippen molar-refractivity contribution in [2.75, 3.05) is 0 Å². The normalized spacial score (nSPS) is 53.8. The lowest BCUT2D eigenvalue weighted by molar-refractivity contribution is -0.248. The molecule has 5 rings (SSSR count). The zero-order valence-electron chi connectivity index (χ0n) is 22.2. The fourth-order valence-electron chi connectivity index (χ4n) is 11.3. The maximum atomic E-state index is 13.2. The maximum absolute atomic E-state index is 13.2. The van der Waals surface area contributed by atoms with Gasteiger partial charge in [-0.3, -0.25) is 9.59 Å². The molecule has 4 nitrogen and oxygen atoms in total. The van der Waals surface area contributed by atoms with Crippen LogP contribution in [0, 0.1) is 56.7 Å². The molecule has 0 heterocycles. The molecule has 4 heteroatoms. The van der Waals surface area contributed by atoms with Crippen LogP contribution in [-0.2, 0) is 9.59 Å². The van der Waals surface area contributed by atoms with Crippen molar-refractivity contribution in [3.63, 3.8) is 0 Å². The van der Waals surface area contributed by atoms with Gasteiger partial charge >= 0.3 is 5.97 Å². The van der Waals surface area contributed by atoms with Crippen LogP contribution in [0.3, 0.4) is 0 Å². The van der Waals surface area contributed by atoms with Crippen molar-refractivity contribution in [3.8, 4) is 0 Å². The Bertz CT molecular complexity index is 936. The number of fused-ring (bicyclic) bond motifs is 7. The van der Waals surface area contributed by atoms with Crippen LogP contribution < -0.4 is 0 Å². The first-order valence-electron chi connectivity index (χ1n) is 13.8. The number of carboxylic acid groups (broad SMARTS) is 1. The predicted molar refractivity (Wildman–Crippen MR) is 133 cm³/mol. The minimum absolute atomic E-state index is 0.0199. The zero-order chi connectivity index (χ0) is 25.1. The van der Waals surface area contributed by atoms with Crippen molar-refractivity contribution < 1.29 is 19.8 Å². The molecule has 0 aromatic rings. The van der Waals surface area contributed by atoms with Gasteiger partial charge in [-0.15, -0.1) is 0 Å². The van der Waals surface area contributed by atoms with Crippen molar-refractivity contribution in [1.82, 2.24) is 0 Å². The van der Waals surface area contributed by atoms with Crippen LogP contribution in [0.4, 0.5) is 0 Å². The third kappa shape index (κ3) is 2.70.